The summed E-state index contributed by atoms with van der Waals surface area (Å²) in [5, 5.41) is 39.9. The average molecular weight is 676 g/mol. The summed E-state index contributed by atoms with van der Waals surface area (Å²) >= 11 is 0. The zero-order chi connectivity index (χ0) is 34.1. The molecule has 46 heavy (non-hydrogen) atoms. The third-order valence-corrected chi connectivity index (χ3v) is 7.91. The highest BCUT2D eigenvalue weighted by Gasteiger charge is 2.29. The van der Waals surface area contributed by atoms with Crippen molar-refractivity contribution in [3.8, 4) is 5.75 Å². The van der Waals surface area contributed by atoms with E-state index in [0.717, 1.165) is 30.3 Å². The van der Waals surface area contributed by atoms with Crippen molar-refractivity contribution in [3.05, 3.63) is 80.7 Å². The zero-order valence-electron chi connectivity index (χ0n) is 22.3. The number of phenolic OH excluding ortho intramolecular Hbond substituents is 1. The predicted octanol–water partition coefficient (Wildman–Crippen LogP) is 3.99. The number of carbonyl (C=O) groups excluding carboxylic acids is 1. The number of rotatable bonds is 10. The Morgan fingerprint density at radius 1 is 0.870 bits per heavy atom. The maximum absolute atomic E-state index is 12.4. The number of nitroso groups, excluding NO2 is 1. The Morgan fingerprint density at radius 2 is 1.50 bits per heavy atom. The number of nitrogens with zero attached hydrogens (tertiary/aromatic N) is 4. The van der Waals surface area contributed by atoms with Gasteiger partial charge in [0, 0.05) is 22.7 Å². The molecule has 238 valence electrons. The monoisotopic (exact) mass is 675 g/mol. The van der Waals surface area contributed by atoms with Gasteiger partial charge in [-0.05, 0) is 30.3 Å². The van der Waals surface area contributed by atoms with Gasteiger partial charge < -0.3 is 15.9 Å². The van der Waals surface area contributed by atoms with Crippen LogP contribution in [0.25, 0.3) is 10.8 Å². The van der Waals surface area contributed by atoms with Crippen molar-refractivity contribution in [2.24, 2.45) is 15.4 Å². The van der Waals surface area contributed by atoms with Gasteiger partial charge in [0.2, 0.25) is 0 Å². The number of anilines is 3. The summed E-state index contributed by atoms with van der Waals surface area (Å²) in [4.78, 5) is 42.3. The number of aromatic hydroxyl groups is 1. The number of nitro groups is 1. The molecule has 0 atom stereocenters. The molecule has 8 N–H and O–H groups in total. The second-order valence-corrected chi connectivity index (χ2v) is 11.7. The summed E-state index contributed by atoms with van der Waals surface area (Å²) in [6.45, 7) is 0. The number of carboxylic acids is 1. The van der Waals surface area contributed by atoms with Gasteiger partial charge in [0.1, 0.15) is 15.5 Å². The van der Waals surface area contributed by atoms with E-state index in [0.29, 0.717) is 12.1 Å². The lowest BCUT2D eigenvalue weighted by atomic mass is 10.0. The van der Waals surface area contributed by atoms with Gasteiger partial charge in [-0.15, -0.1) is 15.1 Å². The molecular weight excluding hydrogens is 658 g/mol. The summed E-state index contributed by atoms with van der Waals surface area (Å²) in [5.41, 5.74) is 6.48. The molecule has 20 nitrogen and oxygen atoms in total. The Kier molecular flexibility index (Phi) is 8.64. The van der Waals surface area contributed by atoms with Crippen molar-refractivity contribution in [2.75, 3.05) is 16.6 Å². The molecule has 4 aromatic rings. The lowest BCUT2D eigenvalue weighted by Gasteiger charge is -2.18. The molecule has 0 aliphatic heterocycles. The number of non-ortho nitro benzene ring substituents is 1. The van der Waals surface area contributed by atoms with E-state index in [1.54, 1.807) is 0 Å². The first-order valence-corrected chi connectivity index (χ1v) is 14.8. The van der Waals surface area contributed by atoms with E-state index in [9.17, 15) is 60.8 Å². The maximum Gasteiger partial charge on any atom is 0.337 e. The number of nitrogen functional groups attached to an aromatic ring is 1. The molecular formula is C24H17N7O13S2. The van der Waals surface area contributed by atoms with Crippen LogP contribution >= 0.6 is 0 Å². The summed E-state index contributed by atoms with van der Waals surface area (Å²) in [7, 11) is -10.6. The topological polar surface area (TPSA) is 331 Å². The lowest BCUT2D eigenvalue weighted by Crippen LogP contribution is -2.15. The average Bonchev–Trinajstić information content (AvgIpc) is 2.98. The fourth-order valence-electron chi connectivity index (χ4n) is 4.10. The van der Waals surface area contributed by atoms with E-state index in [1.807, 2.05) is 0 Å². The van der Waals surface area contributed by atoms with Gasteiger partial charge in [-0.25, -0.2) is 4.79 Å². The lowest BCUT2D eigenvalue weighted by molar-refractivity contribution is -0.384. The van der Waals surface area contributed by atoms with Crippen LogP contribution in [0.4, 0.5) is 34.1 Å². The third-order valence-electron chi connectivity index (χ3n) is 6.15. The highest BCUT2D eigenvalue weighted by atomic mass is 32.2. The van der Waals surface area contributed by atoms with Crippen LogP contribution < -0.4 is 16.6 Å². The molecule has 0 spiro atoms. The molecule has 1 amide bonds. The van der Waals surface area contributed by atoms with E-state index < -0.39 is 97.3 Å². The van der Waals surface area contributed by atoms with E-state index in [4.69, 9.17) is 5.73 Å². The Balaban J connectivity index is 1.99. The van der Waals surface area contributed by atoms with Gasteiger partial charge in [0.15, 0.2) is 5.75 Å². The number of hydrogen-bond acceptors (Lipinski definition) is 15. The van der Waals surface area contributed by atoms with Crippen molar-refractivity contribution < 1.29 is 50.7 Å². The van der Waals surface area contributed by atoms with Crippen LogP contribution in [-0.2, 0) is 20.2 Å². The molecule has 0 bridgehead atoms. The molecule has 4 rings (SSSR count). The molecule has 0 saturated carbocycles. The van der Waals surface area contributed by atoms with E-state index in [-0.39, 0.29) is 11.3 Å². The summed E-state index contributed by atoms with van der Waals surface area (Å²) < 4.78 is 69.1. The number of carbonyl (C=O) groups is 2. The van der Waals surface area contributed by atoms with E-state index in [1.165, 1.54) is 12.1 Å². The first kappa shape index (κ1) is 32.8. The molecule has 0 radical (unpaired) electrons. The summed E-state index contributed by atoms with van der Waals surface area (Å²) in [5.74, 6) is -4.03. The molecule has 0 aromatic heterocycles. The van der Waals surface area contributed by atoms with Crippen molar-refractivity contribution in [1.82, 2.24) is 0 Å². The quantitative estimate of drug-likeness (QED) is 0.0312. The molecule has 0 unspecified atom stereocenters. The number of fused-ring (bicyclic) bond motifs is 1. The minimum Gasteiger partial charge on any atom is -0.505 e. The summed E-state index contributed by atoms with van der Waals surface area (Å²) in [6, 6.07) is 8.71. The minimum absolute atomic E-state index is 0.342. The first-order chi connectivity index (χ1) is 21.4. The number of benzene rings is 4. The Morgan fingerprint density at radius 3 is 2.09 bits per heavy atom. The fourth-order valence-corrected chi connectivity index (χ4v) is 5.45. The maximum atomic E-state index is 12.4. The van der Waals surface area contributed by atoms with Crippen molar-refractivity contribution in [2.45, 2.75) is 9.79 Å². The van der Waals surface area contributed by atoms with Crippen LogP contribution in [0, 0.1) is 15.0 Å². The molecule has 0 aliphatic rings. The molecule has 4 aromatic carbocycles. The fraction of sp³-hybridized carbons (Fsp3) is 0. The number of nitrogens with two attached hydrogens (primary N) is 1. The van der Waals surface area contributed by atoms with Gasteiger partial charge in [-0.1, -0.05) is 12.1 Å². The SMILES string of the molecule is Nc1c(NNc2cc([N+](=O)[O-])ccc2C(=O)O)cc(S(=O)(=O)O)c2cc(S(=O)(=O)O)c(N=Nc3ccccc3C(=O)N=O)c(O)c12. The number of nitro benzene ring substituents is 1. The van der Waals surface area contributed by atoms with Crippen molar-refractivity contribution in [1.29, 1.82) is 0 Å². The van der Waals surface area contributed by atoms with Gasteiger partial charge >= 0.3 is 11.9 Å². The van der Waals surface area contributed by atoms with Crippen LogP contribution in [0.5, 0.6) is 5.75 Å². The highest BCUT2D eigenvalue weighted by molar-refractivity contribution is 7.86. The van der Waals surface area contributed by atoms with Crippen molar-refractivity contribution >= 4 is 77.0 Å². The Hall–Kier alpha value is -6.10. The first-order valence-electron chi connectivity index (χ1n) is 11.9. The van der Waals surface area contributed by atoms with Gasteiger partial charge in [-0.3, -0.25) is 34.9 Å². The van der Waals surface area contributed by atoms with Gasteiger partial charge in [0.05, 0.1) is 44.2 Å². The standard InChI is InChI=1S/C24H17N7O13S2/c25-20-16(28-27-15-7-10(31(37)38)5-6-12(15)24(34)35)9-17(45(39,40)41)13-8-18(46(42,43)44)21(22(32)19(13)20)29-26-14-4-2-1-3-11(14)23(33)30-36/h1-9,27-28,32H,25H2,(H,34,35)(H,39,40,41)(H,42,43,44). The number of hydrazine groups is 1. The number of hydrogen-bond donors (Lipinski definition) is 7. The normalized spacial score (nSPS) is 11.8. The van der Waals surface area contributed by atoms with E-state index >= 15 is 0 Å². The number of nitrogens with one attached hydrogen (secondary N) is 2. The largest absolute Gasteiger partial charge is 0.505 e. The van der Waals surface area contributed by atoms with Crippen LogP contribution in [0.3, 0.4) is 0 Å². The molecule has 0 saturated heterocycles. The van der Waals surface area contributed by atoms with Crippen LogP contribution in [0.15, 0.2) is 79.8 Å². The molecule has 0 heterocycles. The predicted molar refractivity (Wildman–Crippen MR) is 158 cm³/mol. The second kappa shape index (κ2) is 12.1. The number of aromatic carboxylic acids is 1. The number of azo groups is 1. The highest BCUT2D eigenvalue weighted by Crippen LogP contribution is 2.47. The van der Waals surface area contributed by atoms with E-state index in [2.05, 4.69) is 26.3 Å². The van der Waals surface area contributed by atoms with Crippen LogP contribution in [0.2, 0.25) is 0 Å². The second-order valence-electron chi connectivity index (χ2n) is 8.94. The Bertz CT molecular complexity index is 2240. The number of carboxylic acid groups (broad SMARTS) is 1. The van der Waals surface area contributed by atoms with Gasteiger partial charge in [0.25, 0.3) is 25.9 Å². The van der Waals surface area contributed by atoms with Crippen LogP contribution in [-0.4, -0.2) is 53.0 Å². The zero-order valence-corrected chi connectivity index (χ0v) is 24.0. The molecule has 0 fully saturated rings. The Labute approximate surface area is 255 Å². The molecule has 22 heteroatoms. The smallest absolute Gasteiger partial charge is 0.337 e. The minimum atomic E-state index is -5.34. The molecule has 0 aliphatic carbocycles. The number of phenols is 1. The van der Waals surface area contributed by atoms with Crippen molar-refractivity contribution in [3.63, 3.8) is 0 Å². The summed E-state index contributed by atoms with van der Waals surface area (Å²) in [6.07, 6.45) is 0. The van der Waals surface area contributed by atoms with Crippen LogP contribution in [0.1, 0.15) is 20.7 Å². The number of amides is 1. The van der Waals surface area contributed by atoms with Gasteiger partial charge in [-0.2, -0.15) is 16.8 Å². The third kappa shape index (κ3) is 6.39.